The topological polar surface area (TPSA) is 94.0 Å². The average molecular weight is 670 g/mol. The number of hydrogen-bond donors (Lipinski definition) is 2. The molecule has 0 fully saturated rings. The number of nitrogens with one attached hydrogen (secondary N) is 2. The highest BCUT2D eigenvalue weighted by molar-refractivity contribution is 14.1. The molecule has 5 rings (SSSR count). The number of benzene rings is 3. The lowest BCUT2D eigenvalue weighted by Crippen LogP contribution is -2.21. The Balaban J connectivity index is 0.00000124. The molecule has 3 aromatic carbocycles. The van der Waals surface area contributed by atoms with E-state index in [1.54, 1.807) is 22.9 Å². The molecule has 10 heteroatoms. The molecule has 8 nitrogen and oxygen atoms in total. The molecular formula is C30H30ClIN6O2. The number of halogens is 2. The monoisotopic (exact) mass is 669 g/mol. The molecule has 2 N–H and O–H groups in total. The van der Waals surface area contributed by atoms with Crippen molar-refractivity contribution in [2.75, 3.05) is 15.5 Å². The minimum atomic E-state index is -0.389. The summed E-state index contributed by atoms with van der Waals surface area (Å²) in [6.07, 6.45) is 1.53. The third kappa shape index (κ3) is 6.89. The smallest absolute Gasteiger partial charge is 0.324 e. The van der Waals surface area contributed by atoms with Gasteiger partial charge in [-0.1, -0.05) is 85.3 Å². The fourth-order valence-corrected chi connectivity index (χ4v) is 4.09. The second-order valence-corrected chi connectivity index (χ2v) is 10.3. The number of urea groups is 1. The summed E-state index contributed by atoms with van der Waals surface area (Å²) in [5, 5.41) is 12.5. The van der Waals surface area contributed by atoms with Gasteiger partial charge in [0.1, 0.15) is 11.6 Å². The van der Waals surface area contributed by atoms with Crippen molar-refractivity contribution in [2.45, 2.75) is 33.1 Å². The first-order valence-corrected chi connectivity index (χ1v) is 14.3. The van der Waals surface area contributed by atoms with Gasteiger partial charge < -0.3 is 10.1 Å². The lowest BCUT2D eigenvalue weighted by Gasteiger charge is -2.14. The van der Waals surface area contributed by atoms with Crippen LogP contribution >= 0.6 is 34.2 Å². The van der Waals surface area contributed by atoms with E-state index >= 15 is 0 Å². The molecule has 0 saturated heterocycles. The van der Waals surface area contributed by atoms with Crippen LogP contribution < -0.4 is 15.4 Å². The van der Waals surface area contributed by atoms with Crippen LogP contribution in [-0.2, 0) is 5.41 Å². The molecular weight excluding hydrogens is 639 g/mol. The van der Waals surface area contributed by atoms with E-state index in [4.69, 9.17) is 22.8 Å². The first kappa shape index (κ1) is 27.9. The highest BCUT2D eigenvalue weighted by Crippen LogP contribution is 2.34. The molecule has 0 aliphatic heterocycles. The van der Waals surface area contributed by atoms with Crippen molar-refractivity contribution >= 4 is 62.5 Å². The third-order valence-electron chi connectivity index (χ3n) is 5.95. The molecule has 2 aromatic heterocycles. The number of amides is 2. The van der Waals surface area contributed by atoms with Crippen molar-refractivity contribution < 1.29 is 10.9 Å². The Morgan fingerprint density at radius 1 is 1.02 bits per heavy atom. The van der Waals surface area contributed by atoms with Gasteiger partial charge >= 0.3 is 6.03 Å². The summed E-state index contributed by atoms with van der Waals surface area (Å²) in [4.78, 5) is 21.7. The summed E-state index contributed by atoms with van der Waals surface area (Å²) >= 11 is 7.85. The lowest BCUT2D eigenvalue weighted by atomic mass is 9.92. The van der Waals surface area contributed by atoms with E-state index in [1.165, 1.54) is 6.20 Å². The number of carbonyl (C=O) groups is 1. The number of aryl methyl sites for hydroxylation is 1. The van der Waals surface area contributed by atoms with E-state index < -0.39 is 0 Å². The van der Waals surface area contributed by atoms with Gasteiger partial charge in [0.15, 0.2) is 0 Å². The number of ether oxygens (including phenoxy) is 1. The SMILES string of the molecule is Cc1ccc(-n2nc(C(C)(C)C)cc2NC(=O)Nc2ccc(Oc3ccnc(Cl)n3)c3ccccc23)cc1.[2H]CI. The summed E-state index contributed by atoms with van der Waals surface area (Å²) in [7, 11) is 0. The molecule has 2 amide bonds. The molecule has 2 heterocycles. The summed E-state index contributed by atoms with van der Waals surface area (Å²) in [6.45, 7) is 8.29. The van der Waals surface area contributed by atoms with Gasteiger partial charge in [-0.3, -0.25) is 5.32 Å². The molecule has 0 spiro atoms. The minimum Gasteiger partial charge on any atom is -0.438 e. The summed E-state index contributed by atoms with van der Waals surface area (Å²) in [5.41, 5.74) is 3.31. The molecule has 40 heavy (non-hydrogen) atoms. The maximum atomic E-state index is 13.2. The number of fused-ring (bicyclic) bond motifs is 1. The average Bonchev–Trinajstić information content (AvgIpc) is 3.35. The van der Waals surface area contributed by atoms with Crippen LogP contribution in [0.4, 0.5) is 16.3 Å². The van der Waals surface area contributed by atoms with Crippen LogP contribution in [0.2, 0.25) is 5.28 Å². The van der Waals surface area contributed by atoms with E-state index in [0.717, 1.165) is 27.7 Å². The minimum absolute atomic E-state index is 0.0984. The van der Waals surface area contributed by atoms with Gasteiger partial charge in [0.05, 0.1) is 17.1 Å². The van der Waals surface area contributed by atoms with Gasteiger partial charge in [0.2, 0.25) is 11.2 Å². The summed E-state index contributed by atoms with van der Waals surface area (Å²) < 4.78 is 13.9. The van der Waals surface area contributed by atoms with Gasteiger partial charge in [-0.25, -0.2) is 14.5 Å². The van der Waals surface area contributed by atoms with Crippen LogP contribution in [0.25, 0.3) is 16.5 Å². The normalized spacial score (nSPS) is 11.3. The first-order valence-electron chi connectivity index (χ1n) is 13.1. The second-order valence-electron chi connectivity index (χ2n) is 9.91. The Hall–Kier alpha value is -3.70. The Bertz CT molecular complexity index is 1650. The van der Waals surface area contributed by atoms with Crippen molar-refractivity contribution in [3.8, 4) is 17.3 Å². The van der Waals surface area contributed by atoms with Gasteiger partial charge in [-0.05, 0) is 47.7 Å². The molecule has 0 aliphatic carbocycles. The second kappa shape index (κ2) is 12.6. The fraction of sp³-hybridized carbons (Fsp3) is 0.200. The van der Waals surface area contributed by atoms with E-state index in [9.17, 15) is 4.79 Å². The number of aromatic nitrogens is 4. The van der Waals surface area contributed by atoms with Crippen LogP contribution in [0.5, 0.6) is 11.6 Å². The number of nitrogens with zero attached hydrogens (tertiary/aromatic N) is 4. The quantitative estimate of drug-likeness (QED) is 0.111. The maximum absolute atomic E-state index is 13.2. The lowest BCUT2D eigenvalue weighted by molar-refractivity contribution is 0.262. The van der Waals surface area contributed by atoms with Gasteiger partial charge in [0.25, 0.3) is 0 Å². The molecule has 0 atom stereocenters. The number of anilines is 2. The standard InChI is InChI=1S/C29H27ClN6O2.CH3I/c1-18-9-11-19(12-10-18)36-25(17-24(35-36)29(2,3)4)33-28(37)32-22-13-14-23(21-8-6-5-7-20(21)22)38-26-15-16-31-27(30)34-26;1-2/h5-17H,1-4H3,(H2,32,33,37);1H3/i;1D. The highest BCUT2D eigenvalue weighted by Gasteiger charge is 2.22. The number of hydrogen-bond acceptors (Lipinski definition) is 5. The zero-order valence-electron chi connectivity index (χ0n) is 23.6. The largest absolute Gasteiger partial charge is 0.438 e. The van der Waals surface area contributed by atoms with Crippen LogP contribution in [0.3, 0.4) is 0 Å². The molecule has 0 unspecified atom stereocenters. The number of alkyl halides is 1. The number of carbonyl (C=O) groups excluding carboxylic acids is 1. The molecule has 0 bridgehead atoms. The highest BCUT2D eigenvalue weighted by atomic mass is 127. The van der Waals surface area contributed by atoms with Gasteiger partial charge in [-0.2, -0.15) is 10.1 Å². The third-order valence-corrected chi connectivity index (χ3v) is 6.13. The summed E-state index contributed by atoms with van der Waals surface area (Å²) in [5.74, 6) is 1.47. The van der Waals surface area contributed by atoms with Gasteiger partial charge in [-0.15, -0.1) is 0 Å². The molecule has 206 valence electrons. The maximum Gasteiger partial charge on any atom is 0.324 e. The van der Waals surface area contributed by atoms with E-state index in [2.05, 4.69) is 41.4 Å². The predicted octanol–water partition coefficient (Wildman–Crippen LogP) is 8.56. The Morgan fingerprint density at radius 3 is 2.40 bits per heavy atom. The predicted molar refractivity (Wildman–Crippen MR) is 171 cm³/mol. The van der Waals surface area contributed by atoms with Gasteiger partial charge in [0, 0.05) is 35.9 Å². The number of rotatable bonds is 5. The molecule has 0 radical (unpaired) electrons. The van der Waals surface area contributed by atoms with Crippen molar-refractivity contribution in [3.63, 3.8) is 0 Å². The van der Waals surface area contributed by atoms with E-state index in [1.807, 2.05) is 84.1 Å². The molecule has 0 aliphatic rings. The molecule has 5 aromatic rings. The Labute approximate surface area is 253 Å². The van der Waals surface area contributed by atoms with Crippen molar-refractivity contribution in [3.05, 3.63) is 95.5 Å². The van der Waals surface area contributed by atoms with Crippen LogP contribution in [0, 0.1) is 6.92 Å². The van der Waals surface area contributed by atoms with Crippen molar-refractivity contribution in [1.82, 2.24) is 19.7 Å². The van der Waals surface area contributed by atoms with Crippen LogP contribution in [0.15, 0.2) is 79.0 Å². The molecule has 0 saturated carbocycles. The zero-order chi connectivity index (χ0) is 29.6. The van der Waals surface area contributed by atoms with E-state index in [0.29, 0.717) is 28.0 Å². The zero-order valence-corrected chi connectivity index (χ0v) is 25.5. The first-order chi connectivity index (χ1) is 19.6. The van der Waals surface area contributed by atoms with Crippen LogP contribution in [0.1, 0.15) is 33.4 Å². The fourth-order valence-electron chi connectivity index (χ4n) is 3.95. The van der Waals surface area contributed by atoms with Crippen molar-refractivity contribution in [2.24, 2.45) is 0 Å². The Morgan fingerprint density at radius 2 is 1.73 bits per heavy atom. The van der Waals surface area contributed by atoms with Crippen LogP contribution in [-0.4, -0.2) is 30.7 Å². The van der Waals surface area contributed by atoms with E-state index in [-0.39, 0.29) is 16.7 Å². The summed E-state index contributed by atoms with van der Waals surface area (Å²) in [6, 6.07) is 22.3. The van der Waals surface area contributed by atoms with Crippen molar-refractivity contribution in [1.29, 1.82) is 0 Å². The Kier molecular flexibility index (Phi) is 8.81.